The number of thiol groups is 1. The number of alkyl halides is 3. The number of nitrogens with two attached hydrogens (primary N) is 1. The third kappa shape index (κ3) is 6.96. The van der Waals surface area contributed by atoms with E-state index in [1.807, 2.05) is 4.90 Å². The summed E-state index contributed by atoms with van der Waals surface area (Å²) in [6.07, 6.45) is -5.08. The number of carbonyl (C=O) groups is 2. The largest absolute Gasteiger partial charge is 0.490 e. The lowest BCUT2D eigenvalue weighted by Gasteiger charge is -2.33. The first-order valence-electron chi connectivity index (χ1n) is 5.73. The van der Waals surface area contributed by atoms with Crippen molar-refractivity contribution >= 4 is 24.5 Å². The van der Waals surface area contributed by atoms with Crippen LogP contribution in [0, 0.1) is 0 Å². The Kier molecular flexibility index (Phi) is 7.91. The molecular weight excluding hydrogens is 299 g/mol. The van der Waals surface area contributed by atoms with E-state index in [1.54, 1.807) is 0 Å². The zero-order valence-corrected chi connectivity index (χ0v) is 11.8. The average Bonchev–Trinajstić information content (AvgIpc) is 2.37. The van der Waals surface area contributed by atoms with Crippen molar-refractivity contribution < 1.29 is 27.9 Å². The highest BCUT2D eigenvalue weighted by Crippen LogP contribution is 2.13. The summed E-state index contributed by atoms with van der Waals surface area (Å²) in [7, 11) is 2.06. The summed E-state index contributed by atoms with van der Waals surface area (Å²) in [5, 5.41) is 7.12. The zero-order chi connectivity index (χ0) is 15.9. The predicted octanol–water partition coefficient (Wildman–Crippen LogP) is -0.349. The number of carbonyl (C=O) groups excluding carboxylic acids is 1. The molecule has 1 unspecified atom stereocenters. The summed E-state index contributed by atoms with van der Waals surface area (Å²) in [6.45, 7) is 3.45. The molecule has 3 N–H and O–H groups in total. The maximum atomic E-state index is 11.6. The molecule has 20 heavy (non-hydrogen) atoms. The predicted molar refractivity (Wildman–Crippen MR) is 69.6 cm³/mol. The van der Waals surface area contributed by atoms with Crippen molar-refractivity contribution in [3.63, 3.8) is 0 Å². The lowest BCUT2D eigenvalue weighted by molar-refractivity contribution is -0.192. The molecule has 0 spiro atoms. The van der Waals surface area contributed by atoms with Crippen molar-refractivity contribution in [3.8, 4) is 0 Å². The molecular formula is C10H18F3N3O3S. The second-order valence-electron chi connectivity index (χ2n) is 4.22. The van der Waals surface area contributed by atoms with Gasteiger partial charge in [-0.3, -0.25) is 4.79 Å². The van der Waals surface area contributed by atoms with E-state index in [-0.39, 0.29) is 5.91 Å². The number of hydrogen-bond acceptors (Lipinski definition) is 5. The molecule has 1 saturated heterocycles. The van der Waals surface area contributed by atoms with Crippen LogP contribution in [-0.4, -0.2) is 78.0 Å². The van der Waals surface area contributed by atoms with Gasteiger partial charge in [-0.2, -0.15) is 25.8 Å². The molecule has 0 aromatic rings. The second kappa shape index (κ2) is 8.32. The van der Waals surface area contributed by atoms with Gasteiger partial charge in [0.05, 0.1) is 6.04 Å². The Bertz CT molecular complexity index is 333. The van der Waals surface area contributed by atoms with Gasteiger partial charge >= 0.3 is 12.1 Å². The number of nitrogens with zero attached hydrogens (tertiary/aromatic N) is 2. The maximum absolute atomic E-state index is 11.6. The van der Waals surface area contributed by atoms with Gasteiger partial charge in [0.15, 0.2) is 0 Å². The van der Waals surface area contributed by atoms with Crippen LogP contribution >= 0.6 is 12.6 Å². The highest BCUT2D eigenvalue weighted by Gasteiger charge is 2.38. The SMILES string of the molecule is CN1CCN(C(=O)C(N)CS)CC1.O=C(O)C(F)(F)F. The van der Waals surface area contributed by atoms with E-state index in [1.165, 1.54) is 0 Å². The first kappa shape index (κ1) is 19.0. The first-order valence-corrected chi connectivity index (χ1v) is 6.36. The summed E-state index contributed by atoms with van der Waals surface area (Å²) in [6, 6.07) is -0.438. The number of likely N-dealkylation sites (N-methyl/N-ethyl adjacent to an activating group) is 1. The van der Waals surface area contributed by atoms with E-state index in [0.29, 0.717) is 5.75 Å². The van der Waals surface area contributed by atoms with E-state index in [4.69, 9.17) is 15.6 Å². The highest BCUT2D eigenvalue weighted by atomic mass is 32.1. The Morgan fingerprint density at radius 3 is 2.00 bits per heavy atom. The lowest BCUT2D eigenvalue weighted by atomic mass is 10.2. The molecule has 118 valence electrons. The van der Waals surface area contributed by atoms with Crippen molar-refractivity contribution in [2.45, 2.75) is 12.2 Å². The van der Waals surface area contributed by atoms with Gasteiger partial charge in [-0.25, -0.2) is 4.79 Å². The number of piperazine rings is 1. The number of amides is 1. The molecule has 1 rings (SSSR count). The molecule has 0 aromatic heterocycles. The van der Waals surface area contributed by atoms with Crippen molar-refractivity contribution in [3.05, 3.63) is 0 Å². The monoisotopic (exact) mass is 317 g/mol. The minimum Gasteiger partial charge on any atom is -0.475 e. The highest BCUT2D eigenvalue weighted by molar-refractivity contribution is 7.80. The van der Waals surface area contributed by atoms with Gasteiger partial charge in [0.25, 0.3) is 0 Å². The topological polar surface area (TPSA) is 86.9 Å². The molecule has 1 atom stereocenters. The number of carboxylic acid groups (broad SMARTS) is 1. The molecule has 1 fully saturated rings. The first-order chi connectivity index (χ1) is 9.09. The van der Waals surface area contributed by atoms with E-state index >= 15 is 0 Å². The Balaban J connectivity index is 0.000000441. The van der Waals surface area contributed by atoms with Crippen LogP contribution in [0.2, 0.25) is 0 Å². The van der Waals surface area contributed by atoms with Crippen LogP contribution in [0.3, 0.4) is 0 Å². The van der Waals surface area contributed by atoms with Crippen molar-refractivity contribution in [1.82, 2.24) is 9.80 Å². The molecule has 6 nitrogen and oxygen atoms in total. The third-order valence-corrected chi connectivity index (χ3v) is 2.96. The van der Waals surface area contributed by atoms with Crippen LogP contribution in [0.5, 0.6) is 0 Å². The maximum Gasteiger partial charge on any atom is 0.490 e. The smallest absolute Gasteiger partial charge is 0.475 e. The van der Waals surface area contributed by atoms with E-state index in [0.717, 1.165) is 26.2 Å². The molecule has 1 amide bonds. The Hall–Kier alpha value is -1.00. The van der Waals surface area contributed by atoms with E-state index in [2.05, 4.69) is 24.6 Å². The fraction of sp³-hybridized carbons (Fsp3) is 0.800. The molecule has 1 aliphatic rings. The van der Waals surface area contributed by atoms with Gasteiger partial charge < -0.3 is 20.6 Å². The molecule has 1 aliphatic heterocycles. The van der Waals surface area contributed by atoms with Crippen LogP contribution in [0.1, 0.15) is 0 Å². The normalized spacial score (nSPS) is 18.0. The fourth-order valence-corrected chi connectivity index (χ4v) is 1.50. The minimum absolute atomic E-state index is 0.0306. The van der Waals surface area contributed by atoms with Gasteiger partial charge in [0.2, 0.25) is 5.91 Å². The van der Waals surface area contributed by atoms with Crippen LogP contribution in [0.4, 0.5) is 13.2 Å². The van der Waals surface area contributed by atoms with E-state index in [9.17, 15) is 18.0 Å². The second-order valence-corrected chi connectivity index (χ2v) is 4.59. The fourth-order valence-electron chi connectivity index (χ4n) is 1.34. The van der Waals surface area contributed by atoms with Crippen LogP contribution in [-0.2, 0) is 9.59 Å². The molecule has 1 heterocycles. The number of aliphatic carboxylic acids is 1. The average molecular weight is 317 g/mol. The van der Waals surface area contributed by atoms with Crippen LogP contribution in [0.25, 0.3) is 0 Å². The van der Waals surface area contributed by atoms with Gasteiger partial charge in [-0.1, -0.05) is 0 Å². The van der Waals surface area contributed by atoms with Gasteiger partial charge in [-0.05, 0) is 7.05 Å². The van der Waals surface area contributed by atoms with Gasteiger partial charge in [0, 0.05) is 31.9 Å². The zero-order valence-electron chi connectivity index (χ0n) is 10.9. The molecule has 10 heteroatoms. The van der Waals surface area contributed by atoms with Crippen molar-refractivity contribution in [2.24, 2.45) is 5.73 Å². The van der Waals surface area contributed by atoms with Gasteiger partial charge in [0.1, 0.15) is 0 Å². The Morgan fingerprint density at radius 2 is 1.70 bits per heavy atom. The summed E-state index contributed by atoms with van der Waals surface area (Å²) >= 11 is 4.01. The summed E-state index contributed by atoms with van der Waals surface area (Å²) in [5.74, 6) is -2.30. The molecule has 0 saturated carbocycles. The minimum atomic E-state index is -5.08. The standard InChI is InChI=1S/C8H17N3OS.C2HF3O2/c1-10-2-4-11(5-3-10)8(12)7(9)6-13;3-2(4,5)1(6)7/h7,13H,2-6,9H2,1H3;(H,6,7). The lowest BCUT2D eigenvalue weighted by Crippen LogP contribution is -2.52. The Morgan fingerprint density at radius 1 is 1.30 bits per heavy atom. The molecule has 0 bridgehead atoms. The van der Waals surface area contributed by atoms with Crippen molar-refractivity contribution in [2.75, 3.05) is 39.0 Å². The number of halogens is 3. The third-order valence-electron chi connectivity index (χ3n) is 2.57. The van der Waals surface area contributed by atoms with Crippen LogP contribution in [0.15, 0.2) is 0 Å². The quantitative estimate of drug-likeness (QED) is 0.606. The van der Waals surface area contributed by atoms with Crippen molar-refractivity contribution in [1.29, 1.82) is 0 Å². The molecule has 0 aromatic carbocycles. The summed E-state index contributed by atoms with van der Waals surface area (Å²) < 4.78 is 31.7. The number of rotatable bonds is 2. The molecule has 0 aliphatic carbocycles. The number of carboxylic acids is 1. The summed E-state index contributed by atoms with van der Waals surface area (Å²) in [5.41, 5.74) is 5.60. The van der Waals surface area contributed by atoms with Crippen LogP contribution < -0.4 is 5.73 Å². The summed E-state index contributed by atoms with van der Waals surface area (Å²) in [4.78, 5) is 24.5. The van der Waals surface area contributed by atoms with Gasteiger partial charge in [-0.15, -0.1) is 0 Å². The molecule has 0 radical (unpaired) electrons. The van der Waals surface area contributed by atoms with E-state index < -0.39 is 18.2 Å². The number of hydrogen-bond donors (Lipinski definition) is 3. The Labute approximate surface area is 120 Å².